The molecular formula is C12H11ClF3NO3. The van der Waals surface area contributed by atoms with E-state index in [1.54, 1.807) is 12.2 Å². The van der Waals surface area contributed by atoms with E-state index in [-0.39, 0.29) is 29.3 Å². The van der Waals surface area contributed by atoms with Crippen LogP contribution >= 0.6 is 11.6 Å². The van der Waals surface area contributed by atoms with E-state index in [4.69, 9.17) is 16.3 Å². The van der Waals surface area contributed by atoms with Crippen molar-refractivity contribution in [3.63, 3.8) is 0 Å². The van der Waals surface area contributed by atoms with Crippen LogP contribution in [0.5, 0.6) is 0 Å². The van der Waals surface area contributed by atoms with E-state index < -0.39 is 18.1 Å². The Kier molecular flexibility index (Phi) is 5.38. The van der Waals surface area contributed by atoms with Crippen LogP contribution in [-0.2, 0) is 20.7 Å². The van der Waals surface area contributed by atoms with Crippen LogP contribution in [0.1, 0.15) is 12.5 Å². The number of rotatable bonds is 4. The summed E-state index contributed by atoms with van der Waals surface area (Å²) in [4.78, 5) is 22.3. The van der Waals surface area contributed by atoms with E-state index in [1.165, 1.54) is 18.2 Å². The number of nitrogens with one attached hydrogen (secondary N) is 1. The third kappa shape index (κ3) is 4.73. The molecule has 0 fully saturated rings. The number of ether oxygens (including phenoxy) is 1. The monoisotopic (exact) mass is 309 g/mol. The zero-order valence-corrected chi connectivity index (χ0v) is 11.1. The highest BCUT2D eigenvalue weighted by Crippen LogP contribution is 2.24. The second-order valence-electron chi connectivity index (χ2n) is 3.74. The first-order valence-electron chi connectivity index (χ1n) is 5.56. The number of hydrogen-bond donors (Lipinski definition) is 1. The third-order valence-electron chi connectivity index (χ3n) is 2.21. The SMILES string of the molecule is CCOC(=O)Cc1cc(Cl)ccc1NC(=O)C(F)(F)F. The van der Waals surface area contributed by atoms with Gasteiger partial charge in [0.05, 0.1) is 13.0 Å². The second kappa shape index (κ2) is 6.60. The summed E-state index contributed by atoms with van der Waals surface area (Å²) in [6.07, 6.45) is -5.30. The average molecular weight is 310 g/mol. The van der Waals surface area contributed by atoms with Gasteiger partial charge in [-0.25, -0.2) is 0 Å². The smallest absolute Gasteiger partial charge is 0.466 e. The lowest BCUT2D eigenvalue weighted by molar-refractivity contribution is -0.167. The summed E-state index contributed by atoms with van der Waals surface area (Å²) in [5, 5.41) is 1.93. The maximum Gasteiger partial charge on any atom is 0.471 e. The fraction of sp³-hybridized carbons (Fsp3) is 0.333. The van der Waals surface area contributed by atoms with Gasteiger partial charge in [-0.15, -0.1) is 0 Å². The van der Waals surface area contributed by atoms with Gasteiger partial charge in [-0.05, 0) is 30.7 Å². The summed E-state index contributed by atoms with van der Waals surface area (Å²) < 4.78 is 41.3. The van der Waals surface area contributed by atoms with Crippen LogP contribution in [-0.4, -0.2) is 24.7 Å². The van der Waals surface area contributed by atoms with Gasteiger partial charge in [0.1, 0.15) is 0 Å². The molecule has 0 spiro atoms. The summed E-state index contributed by atoms with van der Waals surface area (Å²) in [6.45, 7) is 1.74. The Hall–Kier alpha value is -1.76. The topological polar surface area (TPSA) is 55.4 Å². The number of esters is 1. The highest BCUT2D eigenvalue weighted by atomic mass is 35.5. The van der Waals surface area contributed by atoms with Crippen molar-refractivity contribution in [1.29, 1.82) is 0 Å². The van der Waals surface area contributed by atoms with E-state index >= 15 is 0 Å². The van der Waals surface area contributed by atoms with Crippen molar-refractivity contribution in [3.05, 3.63) is 28.8 Å². The molecule has 0 saturated heterocycles. The van der Waals surface area contributed by atoms with Crippen LogP contribution in [0.2, 0.25) is 5.02 Å². The van der Waals surface area contributed by atoms with Gasteiger partial charge in [0.15, 0.2) is 0 Å². The molecule has 0 heterocycles. The van der Waals surface area contributed by atoms with E-state index in [2.05, 4.69) is 0 Å². The number of benzene rings is 1. The molecule has 0 saturated carbocycles. The van der Waals surface area contributed by atoms with Gasteiger partial charge in [0.2, 0.25) is 0 Å². The largest absolute Gasteiger partial charge is 0.471 e. The number of amides is 1. The van der Waals surface area contributed by atoms with Crippen LogP contribution in [0.25, 0.3) is 0 Å². The quantitative estimate of drug-likeness (QED) is 0.870. The van der Waals surface area contributed by atoms with Crippen molar-refractivity contribution in [2.45, 2.75) is 19.5 Å². The predicted octanol–water partition coefficient (Wildman–Crippen LogP) is 2.95. The number of alkyl halides is 3. The Morgan fingerprint density at radius 3 is 2.55 bits per heavy atom. The number of hydrogen-bond acceptors (Lipinski definition) is 3. The van der Waals surface area contributed by atoms with Gasteiger partial charge < -0.3 is 10.1 Å². The molecule has 0 aliphatic heterocycles. The van der Waals surface area contributed by atoms with Crippen LogP contribution in [0.15, 0.2) is 18.2 Å². The minimum atomic E-state index is -5.01. The van der Waals surface area contributed by atoms with E-state index in [1.807, 2.05) is 0 Å². The van der Waals surface area contributed by atoms with Crippen LogP contribution in [0.3, 0.4) is 0 Å². The number of carbonyl (C=O) groups excluding carboxylic acids is 2. The Bertz CT molecular complexity index is 517. The van der Waals surface area contributed by atoms with Gasteiger partial charge >= 0.3 is 18.1 Å². The first kappa shape index (κ1) is 16.3. The second-order valence-corrected chi connectivity index (χ2v) is 4.17. The average Bonchev–Trinajstić information content (AvgIpc) is 2.31. The summed E-state index contributed by atoms with van der Waals surface area (Å²) in [5.41, 5.74) is 0.0123. The normalized spacial score (nSPS) is 11.1. The van der Waals surface area contributed by atoms with Gasteiger partial charge in [-0.1, -0.05) is 11.6 Å². The molecule has 1 N–H and O–H groups in total. The Morgan fingerprint density at radius 1 is 1.35 bits per heavy atom. The Balaban J connectivity index is 2.96. The molecule has 1 rings (SSSR count). The Morgan fingerprint density at radius 2 is 2.00 bits per heavy atom. The molecule has 0 aromatic heterocycles. The summed E-state index contributed by atoms with van der Waals surface area (Å²) in [7, 11) is 0. The molecule has 8 heteroatoms. The highest BCUT2D eigenvalue weighted by molar-refractivity contribution is 6.30. The molecule has 1 amide bonds. The molecular weight excluding hydrogens is 299 g/mol. The third-order valence-corrected chi connectivity index (χ3v) is 2.45. The number of halogens is 4. The van der Waals surface area contributed by atoms with Crippen LogP contribution < -0.4 is 5.32 Å². The molecule has 1 aromatic carbocycles. The van der Waals surface area contributed by atoms with E-state index in [9.17, 15) is 22.8 Å². The fourth-order valence-corrected chi connectivity index (χ4v) is 1.59. The zero-order valence-electron chi connectivity index (χ0n) is 10.4. The lowest BCUT2D eigenvalue weighted by Gasteiger charge is -2.12. The van der Waals surface area contributed by atoms with Crippen LogP contribution in [0.4, 0.5) is 18.9 Å². The van der Waals surface area contributed by atoms with Crippen LogP contribution in [0, 0.1) is 0 Å². The lowest BCUT2D eigenvalue weighted by Crippen LogP contribution is -2.30. The first-order chi connectivity index (χ1) is 9.24. The van der Waals surface area contributed by atoms with Crippen molar-refractivity contribution in [2.75, 3.05) is 11.9 Å². The first-order valence-corrected chi connectivity index (χ1v) is 5.94. The molecule has 20 heavy (non-hydrogen) atoms. The summed E-state index contributed by atoms with van der Waals surface area (Å²) in [6, 6.07) is 3.80. The Labute approximate surface area is 117 Å². The summed E-state index contributed by atoms with van der Waals surface area (Å²) in [5.74, 6) is -2.75. The molecule has 4 nitrogen and oxygen atoms in total. The molecule has 0 aliphatic rings. The van der Waals surface area contributed by atoms with E-state index in [0.29, 0.717) is 0 Å². The van der Waals surface area contributed by atoms with Crippen molar-refractivity contribution >= 4 is 29.2 Å². The number of carbonyl (C=O) groups is 2. The molecule has 0 aliphatic carbocycles. The summed E-state index contributed by atoms with van der Waals surface area (Å²) >= 11 is 5.72. The maximum atomic E-state index is 12.2. The van der Waals surface area contributed by atoms with Crippen molar-refractivity contribution < 1.29 is 27.5 Å². The molecule has 0 radical (unpaired) electrons. The van der Waals surface area contributed by atoms with Gasteiger partial charge in [-0.2, -0.15) is 13.2 Å². The molecule has 0 unspecified atom stereocenters. The lowest BCUT2D eigenvalue weighted by atomic mass is 10.1. The van der Waals surface area contributed by atoms with Gasteiger partial charge in [0, 0.05) is 10.7 Å². The zero-order chi connectivity index (χ0) is 15.3. The predicted molar refractivity (Wildman–Crippen MR) is 66.5 cm³/mol. The van der Waals surface area contributed by atoms with Gasteiger partial charge in [0.25, 0.3) is 0 Å². The minimum Gasteiger partial charge on any atom is -0.466 e. The fourth-order valence-electron chi connectivity index (χ4n) is 1.39. The molecule has 0 atom stereocenters. The molecule has 0 bridgehead atoms. The highest BCUT2D eigenvalue weighted by Gasteiger charge is 2.39. The molecule has 110 valence electrons. The standard InChI is InChI=1S/C12H11ClF3NO3/c1-2-20-10(18)6-7-5-8(13)3-4-9(7)17-11(19)12(14,15)16/h3-5H,2,6H2,1H3,(H,17,19). The number of anilines is 1. The van der Waals surface area contributed by atoms with Crippen molar-refractivity contribution in [3.8, 4) is 0 Å². The minimum absolute atomic E-state index is 0.134. The van der Waals surface area contributed by atoms with Gasteiger partial charge in [-0.3, -0.25) is 9.59 Å². The maximum absolute atomic E-state index is 12.2. The van der Waals surface area contributed by atoms with Crippen molar-refractivity contribution in [2.24, 2.45) is 0 Å². The van der Waals surface area contributed by atoms with E-state index in [0.717, 1.165) is 0 Å². The molecule has 1 aromatic rings. The van der Waals surface area contributed by atoms with Crippen molar-refractivity contribution in [1.82, 2.24) is 0 Å².